The fraction of sp³-hybridized carbons (Fsp3) is 0.286. The van der Waals surface area contributed by atoms with E-state index in [0.29, 0.717) is 29.3 Å². The Balaban J connectivity index is 1.57. The first kappa shape index (κ1) is 19.4. The summed E-state index contributed by atoms with van der Waals surface area (Å²) in [7, 11) is 3.94. The lowest BCUT2D eigenvalue weighted by Gasteiger charge is -2.35. The third-order valence-electron chi connectivity index (χ3n) is 5.06. The fourth-order valence-corrected chi connectivity index (χ4v) is 3.73. The molecule has 1 aliphatic heterocycles. The normalized spacial score (nSPS) is 16.3. The van der Waals surface area contributed by atoms with Crippen LogP contribution in [0, 0.1) is 0 Å². The third-order valence-corrected chi connectivity index (χ3v) is 5.27. The molecule has 4 rings (SSSR count). The molecule has 0 saturated heterocycles. The van der Waals surface area contributed by atoms with Crippen molar-refractivity contribution in [1.29, 1.82) is 0 Å². The zero-order valence-electron chi connectivity index (χ0n) is 16.3. The van der Waals surface area contributed by atoms with E-state index in [1.165, 1.54) is 0 Å². The maximum Gasteiger partial charge on any atom is 0.268 e. The van der Waals surface area contributed by atoms with Crippen molar-refractivity contribution in [3.8, 4) is 0 Å². The first-order valence-corrected chi connectivity index (χ1v) is 9.79. The summed E-state index contributed by atoms with van der Waals surface area (Å²) >= 11 is 5.92. The van der Waals surface area contributed by atoms with Gasteiger partial charge in [0.15, 0.2) is 0 Å². The van der Waals surface area contributed by atoms with Gasteiger partial charge < -0.3 is 20.1 Å². The number of H-pyrrole nitrogens is 1. The Morgan fingerprint density at radius 3 is 2.93 bits per heavy atom. The lowest BCUT2D eigenvalue weighted by molar-refractivity contribution is -0.120. The van der Waals surface area contributed by atoms with Crippen molar-refractivity contribution in [2.24, 2.45) is 0 Å². The molecule has 1 atom stereocenters. The van der Waals surface area contributed by atoms with Gasteiger partial charge in [-0.25, -0.2) is 4.98 Å². The summed E-state index contributed by atoms with van der Waals surface area (Å²) in [5.41, 5.74) is 3.04. The number of aromatic amines is 1. The number of benzene rings is 1. The van der Waals surface area contributed by atoms with E-state index in [9.17, 15) is 9.59 Å². The average Bonchev–Trinajstić information content (AvgIpc) is 3.11. The number of anilines is 1. The molecule has 1 aromatic carbocycles. The minimum atomic E-state index is -0.618. The number of nitrogens with zero attached hydrogens (tertiary/aromatic N) is 3. The third kappa shape index (κ3) is 3.97. The molecular formula is C21H22ClN5O2. The first-order valence-electron chi connectivity index (χ1n) is 9.41. The van der Waals surface area contributed by atoms with E-state index in [-0.39, 0.29) is 11.8 Å². The second-order valence-corrected chi connectivity index (χ2v) is 7.82. The summed E-state index contributed by atoms with van der Waals surface area (Å²) < 4.78 is 0. The van der Waals surface area contributed by atoms with Crippen LogP contribution in [0.1, 0.15) is 16.1 Å². The predicted octanol–water partition coefficient (Wildman–Crippen LogP) is 2.47. The predicted molar refractivity (Wildman–Crippen MR) is 113 cm³/mol. The quantitative estimate of drug-likeness (QED) is 0.632. The maximum absolute atomic E-state index is 13.1. The number of hydrogen-bond donors (Lipinski definition) is 2. The van der Waals surface area contributed by atoms with Crippen molar-refractivity contribution < 1.29 is 9.59 Å². The van der Waals surface area contributed by atoms with Crippen LogP contribution in [0.5, 0.6) is 0 Å². The molecule has 0 radical (unpaired) electrons. The van der Waals surface area contributed by atoms with Crippen molar-refractivity contribution in [2.45, 2.75) is 12.5 Å². The summed E-state index contributed by atoms with van der Waals surface area (Å²) in [6, 6.07) is 10.6. The van der Waals surface area contributed by atoms with Crippen LogP contribution in [0.3, 0.4) is 0 Å². The van der Waals surface area contributed by atoms with Gasteiger partial charge in [-0.15, -0.1) is 0 Å². The summed E-state index contributed by atoms with van der Waals surface area (Å²) in [6.07, 6.45) is 2.05. The average molecular weight is 412 g/mol. The van der Waals surface area contributed by atoms with Crippen molar-refractivity contribution in [1.82, 2.24) is 20.2 Å². The molecular weight excluding hydrogens is 390 g/mol. The number of aromatic nitrogens is 2. The topological polar surface area (TPSA) is 81.3 Å². The highest BCUT2D eigenvalue weighted by Crippen LogP contribution is 2.28. The van der Waals surface area contributed by atoms with Crippen molar-refractivity contribution in [3.63, 3.8) is 0 Å². The number of nitrogens with one attached hydrogen (secondary N) is 2. The smallest absolute Gasteiger partial charge is 0.268 e. The van der Waals surface area contributed by atoms with Crippen LogP contribution in [-0.2, 0) is 11.2 Å². The van der Waals surface area contributed by atoms with Crippen molar-refractivity contribution in [2.75, 3.05) is 32.1 Å². The van der Waals surface area contributed by atoms with Crippen LogP contribution in [0.15, 0.2) is 42.6 Å². The molecule has 7 nitrogen and oxygen atoms in total. The molecule has 0 spiro atoms. The number of carbonyl (C=O) groups is 2. The number of rotatable bonds is 5. The molecule has 2 N–H and O–H groups in total. The van der Waals surface area contributed by atoms with Crippen LogP contribution >= 0.6 is 11.6 Å². The van der Waals surface area contributed by atoms with Crippen LogP contribution in [-0.4, -0.2) is 59.9 Å². The highest BCUT2D eigenvalue weighted by atomic mass is 35.5. The highest BCUT2D eigenvalue weighted by molar-refractivity contribution is 6.30. The Kier molecular flexibility index (Phi) is 5.25. The highest BCUT2D eigenvalue weighted by Gasteiger charge is 2.33. The fourth-order valence-electron chi connectivity index (χ4n) is 3.57. The van der Waals surface area contributed by atoms with Gasteiger partial charge in [0, 0.05) is 30.6 Å². The van der Waals surface area contributed by atoms with Gasteiger partial charge in [-0.1, -0.05) is 29.8 Å². The van der Waals surface area contributed by atoms with E-state index in [1.807, 2.05) is 43.3 Å². The molecule has 0 fully saturated rings. The Labute approximate surface area is 173 Å². The van der Waals surface area contributed by atoms with Crippen LogP contribution in [0.25, 0.3) is 10.9 Å². The van der Waals surface area contributed by atoms with Gasteiger partial charge in [0.1, 0.15) is 16.9 Å². The number of pyridine rings is 1. The molecule has 2 amide bonds. The standard InChI is InChI=1S/C21H22ClN5O2/c1-26(2)7-8-27-18-6-4-3-5-13(18)9-16(21(27)29)25-20(28)15-10-14-11-19(22)23-12-17(14)24-15/h3-6,10-12,16,24H,7-9H2,1-2H3,(H,25,28). The summed E-state index contributed by atoms with van der Waals surface area (Å²) in [5.74, 6) is -0.428. The molecule has 29 heavy (non-hydrogen) atoms. The van der Waals surface area contributed by atoms with Gasteiger partial charge in [0.2, 0.25) is 5.91 Å². The monoisotopic (exact) mass is 411 g/mol. The molecule has 3 heterocycles. The number of carbonyl (C=O) groups excluding carboxylic acids is 2. The molecule has 0 bridgehead atoms. The van der Waals surface area contributed by atoms with Crippen LogP contribution < -0.4 is 10.2 Å². The van der Waals surface area contributed by atoms with Gasteiger partial charge >= 0.3 is 0 Å². The van der Waals surface area contributed by atoms with E-state index < -0.39 is 6.04 Å². The summed E-state index contributed by atoms with van der Waals surface area (Å²) in [6.45, 7) is 1.29. The van der Waals surface area contributed by atoms with Crippen molar-refractivity contribution >= 4 is 40.0 Å². The lowest BCUT2D eigenvalue weighted by Crippen LogP contribution is -2.54. The number of amides is 2. The van der Waals surface area contributed by atoms with Gasteiger partial charge in [0.05, 0.1) is 11.7 Å². The number of fused-ring (bicyclic) bond motifs is 2. The molecule has 1 aliphatic rings. The Morgan fingerprint density at radius 2 is 2.14 bits per heavy atom. The number of likely N-dealkylation sites (N-methyl/N-ethyl adjacent to an activating group) is 1. The van der Waals surface area contributed by atoms with E-state index >= 15 is 0 Å². The number of para-hydroxylation sites is 1. The second kappa shape index (κ2) is 7.85. The second-order valence-electron chi connectivity index (χ2n) is 7.43. The van der Waals surface area contributed by atoms with Gasteiger partial charge in [-0.05, 0) is 37.9 Å². The molecule has 2 aromatic heterocycles. The summed E-state index contributed by atoms with van der Waals surface area (Å²) in [5, 5.41) is 4.05. The zero-order valence-corrected chi connectivity index (χ0v) is 17.0. The molecule has 1 unspecified atom stereocenters. The maximum atomic E-state index is 13.1. The lowest BCUT2D eigenvalue weighted by atomic mass is 9.97. The van der Waals surface area contributed by atoms with Crippen molar-refractivity contribution in [3.05, 3.63) is 59.0 Å². The first-order chi connectivity index (χ1) is 13.9. The SMILES string of the molecule is CN(C)CCN1C(=O)C(NC(=O)c2cc3cc(Cl)ncc3[nH]2)Cc2ccccc21. The van der Waals surface area contributed by atoms with E-state index in [1.54, 1.807) is 23.2 Å². The molecule has 0 saturated carbocycles. The Morgan fingerprint density at radius 1 is 1.34 bits per heavy atom. The van der Waals surface area contributed by atoms with Crippen LogP contribution in [0.4, 0.5) is 5.69 Å². The van der Waals surface area contributed by atoms with Crippen LogP contribution in [0.2, 0.25) is 5.15 Å². The Bertz CT molecular complexity index is 1080. The minimum Gasteiger partial charge on any atom is -0.349 e. The van der Waals surface area contributed by atoms with Gasteiger partial charge in [-0.3, -0.25) is 9.59 Å². The molecule has 0 aliphatic carbocycles. The molecule has 150 valence electrons. The minimum absolute atomic E-state index is 0.0975. The Hall–Kier alpha value is -2.90. The summed E-state index contributed by atoms with van der Waals surface area (Å²) in [4.78, 5) is 36.8. The van der Waals surface area contributed by atoms with E-state index in [4.69, 9.17) is 11.6 Å². The van der Waals surface area contributed by atoms with Gasteiger partial charge in [-0.2, -0.15) is 0 Å². The number of hydrogen-bond acceptors (Lipinski definition) is 4. The van der Waals surface area contributed by atoms with Gasteiger partial charge in [0.25, 0.3) is 5.91 Å². The largest absolute Gasteiger partial charge is 0.349 e. The molecule has 3 aromatic rings. The van der Waals surface area contributed by atoms with E-state index in [0.717, 1.165) is 23.2 Å². The zero-order chi connectivity index (χ0) is 20.5. The number of halogens is 1. The van der Waals surface area contributed by atoms with E-state index in [2.05, 4.69) is 15.3 Å². The molecule has 8 heteroatoms.